The fraction of sp³-hybridized carbons (Fsp3) is 0.789. The van der Waals surface area contributed by atoms with E-state index in [-0.39, 0.29) is 39.7 Å². The van der Waals surface area contributed by atoms with Crippen molar-refractivity contribution in [2.45, 2.75) is 405 Å². The number of aliphatic hydroxyl groups excluding tert-OH is 1. The van der Waals surface area contributed by atoms with Gasteiger partial charge in [-0.1, -0.05) is 324 Å². The maximum atomic E-state index is 15.5. The lowest BCUT2D eigenvalue weighted by Gasteiger charge is -2.35. The summed E-state index contributed by atoms with van der Waals surface area (Å²) < 4.78 is 72.9. The summed E-state index contributed by atoms with van der Waals surface area (Å²) in [6.07, 6.45) is 52.5. The number of carbonyl (C=O) groups is 3. The molecule has 2 fully saturated rings. The number of carbonyl (C=O) groups excluding carboxylic acids is 3. The minimum absolute atomic E-state index is 0.0241. The third-order valence-corrected chi connectivity index (χ3v) is 25.1. The molecule has 2 aliphatic rings. The predicted octanol–water partition coefficient (Wildman–Crippen LogP) is 20.0. The number of nitriles is 1. The summed E-state index contributed by atoms with van der Waals surface area (Å²) in [7, 11) is -5.24. The topological polar surface area (TPSA) is 366 Å². The molecule has 28 heteroatoms. The Morgan fingerprint density at radius 3 is 1.44 bits per heavy atom. The zero-order chi connectivity index (χ0) is 85.1. The third-order valence-electron chi connectivity index (χ3n) is 22.7. The van der Waals surface area contributed by atoms with E-state index in [1.165, 1.54) is 255 Å². The number of hydrogen-bond acceptors (Lipinski definition) is 22. The number of hydrogen-bond donors (Lipinski definition) is 6. The molecule has 0 saturated carbocycles. The number of imidazole rings is 1. The van der Waals surface area contributed by atoms with E-state index in [0.29, 0.717) is 25.6 Å². The molecule has 0 bridgehead atoms. The van der Waals surface area contributed by atoms with Gasteiger partial charge in [-0.15, -0.1) is 0 Å². The first-order chi connectivity index (χ1) is 57.2. The van der Waals surface area contributed by atoms with E-state index in [4.69, 9.17) is 42.2 Å². The molecular weight excluding hydrogens is 1530 g/mol. The van der Waals surface area contributed by atoms with Crippen molar-refractivity contribution in [2.24, 2.45) is 5.92 Å². The molecule has 27 nitrogen and oxygen atoms in total. The highest BCUT2D eigenvalue weighted by molar-refractivity contribution is 7.55. The number of benzene rings is 1. The van der Waals surface area contributed by atoms with E-state index in [1.807, 2.05) is 6.07 Å². The van der Waals surface area contributed by atoms with Crippen molar-refractivity contribution < 1.29 is 76.5 Å². The van der Waals surface area contributed by atoms with Gasteiger partial charge in [-0.25, -0.2) is 19.4 Å². The minimum atomic E-state index is -5.24. The highest BCUT2D eigenvalue weighted by atomic mass is 31.2. The largest absolute Gasteiger partial charge is 0.490 e. The summed E-state index contributed by atoms with van der Waals surface area (Å²) in [6.45, 7) is 8.68. The summed E-state index contributed by atoms with van der Waals surface area (Å²) in [5.74, 6) is -5.42. The molecule has 0 aliphatic carbocycles. The van der Waals surface area contributed by atoms with Crippen LogP contribution in [0.3, 0.4) is 0 Å². The lowest BCUT2D eigenvalue weighted by Crippen LogP contribution is -2.47. The number of aromatic amines is 2. The first-order valence-corrected chi connectivity index (χ1v) is 47.5. The number of aryl methyl sites for hydroxylation is 1. The van der Waals surface area contributed by atoms with Crippen molar-refractivity contribution in [3.8, 4) is 23.3 Å². The second kappa shape index (κ2) is 57.7. The van der Waals surface area contributed by atoms with Gasteiger partial charge in [-0.3, -0.25) is 43.4 Å². The van der Waals surface area contributed by atoms with Gasteiger partial charge >= 0.3 is 25.2 Å². The van der Waals surface area contributed by atoms with E-state index < -0.39 is 130 Å². The molecule has 0 spiro atoms. The number of unbranched alkanes of at least 4 members (excludes halogenated alkanes) is 45. The van der Waals surface area contributed by atoms with E-state index in [2.05, 4.69) is 46.0 Å². The summed E-state index contributed by atoms with van der Waals surface area (Å²) in [6, 6.07) is 4.91. The molecule has 6 N–H and O–H groups in total. The maximum absolute atomic E-state index is 15.5. The van der Waals surface area contributed by atoms with Crippen molar-refractivity contribution in [1.29, 1.82) is 5.26 Å². The monoisotopic (exact) mass is 1680 g/mol. The second-order valence-electron chi connectivity index (χ2n) is 33.2. The van der Waals surface area contributed by atoms with Crippen molar-refractivity contribution in [3.63, 3.8) is 0 Å². The zero-order valence-corrected chi connectivity index (χ0v) is 73.7. The quantitative estimate of drug-likeness (QED) is 0.0103. The lowest BCUT2D eigenvalue weighted by atomic mass is 10.0. The first-order valence-electron chi connectivity index (χ1n) is 45.9. The maximum Gasteiger partial charge on any atom is 0.365 e. The average Bonchev–Trinajstić information content (AvgIpc) is 1.58. The molecular formula is C90H149N8O19P. The van der Waals surface area contributed by atoms with Crippen LogP contribution in [-0.2, 0) is 42.1 Å². The van der Waals surface area contributed by atoms with Gasteiger partial charge in [0.05, 0.1) is 70.4 Å². The molecule has 118 heavy (non-hydrogen) atoms. The van der Waals surface area contributed by atoms with Crippen LogP contribution in [-0.4, -0.2) is 132 Å². The summed E-state index contributed by atoms with van der Waals surface area (Å²) >= 11 is 0. The van der Waals surface area contributed by atoms with Gasteiger partial charge in [0.25, 0.3) is 11.1 Å². The summed E-state index contributed by atoms with van der Waals surface area (Å²) in [5, 5.41) is 45.3. The van der Waals surface area contributed by atoms with Crippen LogP contribution in [0.5, 0.6) is 17.2 Å². The number of fused-ring (bicyclic) bond motifs is 1. The van der Waals surface area contributed by atoms with Gasteiger partial charge in [0.1, 0.15) is 24.7 Å². The Labute approximate surface area is 702 Å². The van der Waals surface area contributed by atoms with Crippen LogP contribution >= 0.6 is 7.60 Å². The van der Waals surface area contributed by atoms with Crippen LogP contribution in [0.15, 0.2) is 39.0 Å². The van der Waals surface area contributed by atoms with Crippen LogP contribution in [0.4, 0.5) is 5.95 Å². The lowest BCUT2D eigenvalue weighted by molar-refractivity contribution is -0.232. The highest BCUT2D eigenvalue weighted by Gasteiger charge is 2.63. The Bertz CT molecular complexity index is 3700. The van der Waals surface area contributed by atoms with Crippen molar-refractivity contribution in [3.05, 3.63) is 67.0 Å². The van der Waals surface area contributed by atoms with Gasteiger partial charge in [-0.2, -0.15) is 10.2 Å². The van der Waals surface area contributed by atoms with Gasteiger partial charge in [0.2, 0.25) is 23.4 Å². The molecule has 668 valence electrons. The van der Waals surface area contributed by atoms with Crippen LogP contribution < -0.4 is 36.3 Å². The standard InChI is InChI=1S/C90H149N8O19P/c1-7-10-13-16-19-22-25-28-31-34-37-40-43-46-49-52-57-109-73-61-72(62-74(110-58-53-50-47-44-41-38-35-32-29-26-23-20-17-14-11-8-2)81(73)111-59-54-51-48-45-42-39-36-33-30-27-24-21-18-15-12-9-3)86(104)112-68-79(100)117-89(106)63-77(97-65-71(6)84(102)96-88(97)105)116-76(89)67-114-118(108,113-60-55-56-91)90(107)64-78(115-75(90)66-99)98-69-92-80-82(98)93-87(95-85(80)103)94-83(101)70(4)5/h61-62,65,69-70,75-78,99,106-107H,7-55,57-60,63-64,66-68H2,1-6H3,(H,96,102,105)(H2,93,94,95,101,103)/t75-,76-,77-,78-,89-,90-,118?/m1/s1. The van der Waals surface area contributed by atoms with E-state index in [9.17, 15) is 49.3 Å². The van der Waals surface area contributed by atoms with Crippen LogP contribution in [0.2, 0.25) is 0 Å². The number of esters is 2. The Hall–Kier alpha value is -6.50. The summed E-state index contributed by atoms with van der Waals surface area (Å²) in [5.41, 5.74) is -2.78. The van der Waals surface area contributed by atoms with E-state index in [1.54, 1.807) is 13.8 Å². The summed E-state index contributed by atoms with van der Waals surface area (Å²) in [4.78, 5) is 93.9. The molecule has 4 aromatic rings. The van der Waals surface area contributed by atoms with Crippen LogP contribution in [0.25, 0.3) is 11.2 Å². The number of H-pyrrole nitrogens is 2. The Morgan fingerprint density at radius 1 is 0.585 bits per heavy atom. The fourth-order valence-corrected chi connectivity index (χ4v) is 17.5. The number of amides is 1. The van der Waals surface area contributed by atoms with Crippen molar-refractivity contribution >= 4 is 42.6 Å². The van der Waals surface area contributed by atoms with E-state index >= 15 is 4.57 Å². The molecule has 0 radical (unpaired) electrons. The molecule has 5 heterocycles. The number of nitrogens with one attached hydrogen (secondary N) is 3. The third kappa shape index (κ3) is 35.5. The molecule has 3 aromatic heterocycles. The molecule has 1 amide bonds. The molecule has 2 aliphatic heterocycles. The number of aliphatic hydroxyl groups is 3. The zero-order valence-electron chi connectivity index (χ0n) is 72.8. The van der Waals surface area contributed by atoms with Gasteiger partial charge in [-0.05, 0) is 38.3 Å². The van der Waals surface area contributed by atoms with E-state index in [0.717, 1.165) is 94.1 Å². The van der Waals surface area contributed by atoms with Crippen molar-refractivity contribution in [1.82, 2.24) is 29.1 Å². The first kappa shape index (κ1) is 100. The molecule has 6 rings (SSSR count). The van der Waals surface area contributed by atoms with Gasteiger partial charge in [0, 0.05) is 24.1 Å². The second-order valence-corrected chi connectivity index (χ2v) is 35.5. The average molecular weight is 1680 g/mol. The normalized spacial score (nSPS) is 18.4. The number of rotatable bonds is 70. The Morgan fingerprint density at radius 2 is 1.01 bits per heavy atom. The SMILES string of the molecule is CCCCCCCCCCCCCCCCCCOc1cc(C(=O)OCC(=O)O[C@]2(O)C[C@H](n3cc(C)c(=O)[nH]c3=O)O[C@@H]2COP(=O)(OCCC#N)[C@]2(O)C[C@H](n3cnc4c(=O)[nH]c(NC(=O)C(C)C)nc43)O[C@@H]2CO)cc(OCCCCCCCCCCCCCCCCCC)c1OCCCCCCCCCCCCCCCCCC. The number of nitrogens with zero attached hydrogens (tertiary/aromatic N) is 5. The smallest absolute Gasteiger partial charge is 0.365 e. The number of anilines is 1. The van der Waals surface area contributed by atoms with Crippen molar-refractivity contribution in [2.75, 3.05) is 51.6 Å². The fourth-order valence-electron chi connectivity index (χ4n) is 15.4. The molecule has 1 unspecified atom stereocenters. The number of aromatic nitrogens is 6. The minimum Gasteiger partial charge on any atom is -0.490 e. The Balaban J connectivity index is 1.18. The molecule has 2 saturated heterocycles. The molecule has 1 aromatic carbocycles. The Kier molecular flexibility index (Phi) is 49.1. The highest BCUT2D eigenvalue weighted by Crippen LogP contribution is 2.66. The van der Waals surface area contributed by atoms with Gasteiger partial charge in [0.15, 0.2) is 34.6 Å². The van der Waals surface area contributed by atoms with Gasteiger partial charge < -0.3 is 57.5 Å². The molecule has 7 atom stereocenters. The number of ether oxygens (including phenoxy) is 7. The predicted molar refractivity (Wildman–Crippen MR) is 459 cm³/mol. The van der Waals surface area contributed by atoms with Crippen LogP contribution in [0, 0.1) is 24.2 Å². The van der Waals surface area contributed by atoms with Crippen LogP contribution in [0.1, 0.15) is 390 Å².